The normalized spacial score (nSPS) is 11.0. The molecule has 0 spiro atoms. The van der Waals surface area contributed by atoms with Gasteiger partial charge in [0.05, 0.1) is 21.3 Å². The Morgan fingerprint density at radius 2 is 2.04 bits per heavy atom. The second-order valence-corrected chi connectivity index (χ2v) is 7.82. The molecule has 2 N–H and O–H groups in total. The number of hydrogen-bond donors (Lipinski definition) is 2. The Bertz CT molecular complexity index is 897. The highest BCUT2D eigenvalue weighted by molar-refractivity contribution is 9.10. The second kappa shape index (κ2) is 7.83. The molecule has 3 nitrogen and oxygen atoms in total. The number of hydrogen-bond acceptors (Lipinski definition) is 2. The van der Waals surface area contributed by atoms with E-state index >= 15 is 0 Å². The van der Waals surface area contributed by atoms with Gasteiger partial charge in [-0.1, -0.05) is 41.4 Å². The highest BCUT2D eigenvalue weighted by atomic mass is 79.9. The SMILES string of the molecule is O=C(CSc1c[nH]c2c(Br)cccc12)NCc1ccc(Cl)c(Cl)c1. The number of H-pyrrole nitrogens is 1. The lowest BCUT2D eigenvalue weighted by atomic mass is 10.2. The quantitative estimate of drug-likeness (QED) is 0.500. The summed E-state index contributed by atoms with van der Waals surface area (Å²) >= 11 is 16.9. The lowest BCUT2D eigenvalue weighted by Gasteiger charge is -2.06. The zero-order valence-corrected chi connectivity index (χ0v) is 16.3. The van der Waals surface area contributed by atoms with Gasteiger partial charge in [-0.25, -0.2) is 0 Å². The van der Waals surface area contributed by atoms with Crippen LogP contribution in [0.5, 0.6) is 0 Å². The lowest BCUT2D eigenvalue weighted by Crippen LogP contribution is -2.24. The number of carbonyl (C=O) groups is 1. The molecular formula is C17H13BrCl2N2OS. The van der Waals surface area contributed by atoms with Crippen molar-refractivity contribution in [2.24, 2.45) is 0 Å². The van der Waals surface area contributed by atoms with Crippen molar-refractivity contribution in [1.82, 2.24) is 10.3 Å². The standard InChI is InChI=1S/C17H13BrCl2N2OS/c18-12-3-1-2-11-15(8-22-17(11)12)24-9-16(23)21-7-10-4-5-13(19)14(20)6-10/h1-6,8,22H,7,9H2,(H,21,23). The largest absolute Gasteiger partial charge is 0.359 e. The second-order valence-electron chi connectivity index (χ2n) is 5.13. The van der Waals surface area contributed by atoms with E-state index in [0.717, 1.165) is 25.8 Å². The molecule has 124 valence electrons. The predicted octanol–water partition coefficient (Wildman–Crippen LogP) is 5.65. The van der Waals surface area contributed by atoms with Crippen LogP contribution in [0.25, 0.3) is 10.9 Å². The maximum Gasteiger partial charge on any atom is 0.230 e. The van der Waals surface area contributed by atoms with Gasteiger partial charge in [-0.2, -0.15) is 0 Å². The van der Waals surface area contributed by atoms with Crippen molar-refractivity contribution in [2.75, 3.05) is 5.75 Å². The smallest absolute Gasteiger partial charge is 0.230 e. The minimum Gasteiger partial charge on any atom is -0.359 e. The van der Waals surface area contributed by atoms with Crippen molar-refractivity contribution in [2.45, 2.75) is 11.4 Å². The molecule has 7 heteroatoms. The first-order valence-electron chi connectivity index (χ1n) is 7.13. The van der Waals surface area contributed by atoms with Crippen molar-refractivity contribution >= 4 is 67.7 Å². The molecule has 0 aliphatic carbocycles. The van der Waals surface area contributed by atoms with Crippen LogP contribution in [0.1, 0.15) is 5.56 Å². The zero-order chi connectivity index (χ0) is 17.1. The van der Waals surface area contributed by atoms with E-state index in [1.807, 2.05) is 30.5 Å². The van der Waals surface area contributed by atoms with Crippen LogP contribution >= 0.6 is 50.9 Å². The fourth-order valence-corrected chi connectivity index (χ4v) is 3.91. The molecule has 0 radical (unpaired) electrons. The molecule has 0 saturated heterocycles. The van der Waals surface area contributed by atoms with Crippen LogP contribution in [-0.4, -0.2) is 16.6 Å². The van der Waals surface area contributed by atoms with Crippen LogP contribution in [0.4, 0.5) is 0 Å². The third-order valence-corrected chi connectivity index (χ3v) is 5.91. The van der Waals surface area contributed by atoms with Crippen LogP contribution in [0.3, 0.4) is 0 Å². The molecule has 1 amide bonds. The van der Waals surface area contributed by atoms with Gasteiger partial charge in [0, 0.05) is 27.5 Å². The highest BCUT2D eigenvalue weighted by Gasteiger charge is 2.09. The van der Waals surface area contributed by atoms with Crippen LogP contribution in [0.2, 0.25) is 10.0 Å². The number of fused-ring (bicyclic) bond motifs is 1. The van der Waals surface area contributed by atoms with Gasteiger partial charge in [0.2, 0.25) is 5.91 Å². The molecule has 2 aromatic carbocycles. The van der Waals surface area contributed by atoms with Gasteiger partial charge in [0.25, 0.3) is 0 Å². The Morgan fingerprint density at radius 3 is 2.83 bits per heavy atom. The van der Waals surface area contributed by atoms with E-state index in [1.54, 1.807) is 12.1 Å². The Hall–Kier alpha value is -1.14. The fourth-order valence-electron chi connectivity index (χ4n) is 2.26. The number of para-hydroxylation sites is 1. The van der Waals surface area contributed by atoms with Crippen molar-refractivity contribution < 1.29 is 4.79 Å². The van der Waals surface area contributed by atoms with Gasteiger partial charge in [-0.3, -0.25) is 4.79 Å². The van der Waals surface area contributed by atoms with Crippen molar-refractivity contribution in [3.05, 3.63) is 62.7 Å². The highest BCUT2D eigenvalue weighted by Crippen LogP contribution is 2.31. The van der Waals surface area contributed by atoms with Crippen molar-refractivity contribution in [3.8, 4) is 0 Å². The molecule has 0 fully saturated rings. The Morgan fingerprint density at radius 1 is 1.21 bits per heavy atom. The first kappa shape index (κ1) is 17.7. The molecule has 3 aromatic rings. The first-order chi connectivity index (χ1) is 11.5. The minimum atomic E-state index is -0.0320. The summed E-state index contributed by atoms with van der Waals surface area (Å²) in [6, 6.07) is 11.3. The third kappa shape index (κ3) is 4.09. The summed E-state index contributed by atoms with van der Waals surface area (Å²) < 4.78 is 1.01. The Labute approximate surface area is 162 Å². The summed E-state index contributed by atoms with van der Waals surface area (Å²) in [4.78, 5) is 16.3. The van der Waals surface area contributed by atoms with E-state index in [0.29, 0.717) is 22.3 Å². The summed E-state index contributed by atoms with van der Waals surface area (Å²) in [6.07, 6.45) is 1.92. The summed E-state index contributed by atoms with van der Waals surface area (Å²) in [6.45, 7) is 0.426. The number of aromatic nitrogens is 1. The minimum absolute atomic E-state index is 0.0320. The van der Waals surface area contributed by atoms with E-state index in [-0.39, 0.29) is 5.91 Å². The summed E-state index contributed by atoms with van der Waals surface area (Å²) in [5.41, 5.74) is 1.95. The van der Waals surface area contributed by atoms with E-state index in [2.05, 4.69) is 26.2 Å². The first-order valence-corrected chi connectivity index (χ1v) is 9.67. The molecule has 1 aromatic heterocycles. The number of halogens is 3. The van der Waals surface area contributed by atoms with Gasteiger partial charge in [0.15, 0.2) is 0 Å². The van der Waals surface area contributed by atoms with Gasteiger partial charge in [-0.15, -0.1) is 11.8 Å². The van der Waals surface area contributed by atoms with Crippen LogP contribution in [-0.2, 0) is 11.3 Å². The molecule has 0 aliphatic heterocycles. The van der Waals surface area contributed by atoms with Gasteiger partial charge < -0.3 is 10.3 Å². The van der Waals surface area contributed by atoms with E-state index in [1.165, 1.54) is 11.8 Å². The average molecular weight is 444 g/mol. The summed E-state index contributed by atoms with van der Waals surface area (Å²) in [7, 11) is 0. The summed E-state index contributed by atoms with van der Waals surface area (Å²) in [5.74, 6) is 0.316. The van der Waals surface area contributed by atoms with Crippen molar-refractivity contribution in [1.29, 1.82) is 0 Å². The number of aromatic amines is 1. The van der Waals surface area contributed by atoms with Crippen LogP contribution < -0.4 is 5.32 Å². The van der Waals surface area contributed by atoms with Gasteiger partial charge in [-0.05, 0) is 39.7 Å². The third-order valence-electron chi connectivity index (χ3n) is 3.46. The van der Waals surface area contributed by atoms with Crippen LogP contribution in [0, 0.1) is 0 Å². The number of carbonyl (C=O) groups excluding carboxylic acids is 1. The predicted molar refractivity (Wildman–Crippen MR) is 105 cm³/mol. The van der Waals surface area contributed by atoms with Crippen molar-refractivity contribution in [3.63, 3.8) is 0 Å². The number of rotatable bonds is 5. The maximum atomic E-state index is 12.1. The Balaban J connectivity index is 1.57. The van der Waals surface area contributed by atoms with Crippen LogP contribution in [0.15, 0.2) is 52.0 Å². The number of amides is 1. The number of benzene rings is 2. The zero-order valence-electron chi connectivity index (χ0n) is 12.4. The average Bonchev–Trinajstić information content (AvgIpc) is 2.98. The molecule has 24 heavy (non-hydrogen) atoms. The topological polar surface area (TPSA) is 44.9 Å². The molecule has 0 aliphatic rings. The molecule has 0 saturated carbocycles. The monoisotopic (exact) mass is 442 g/mol. The molecule has 3 rings (SSSR count). The molecule has 0 unspecified atom stereocenters. The fraction of sp³-hybridized carbons (Fsp3) is 0.118. The molecule has 1 heterocycles. The number of thioether (sulfide) groups is 1. The molecule has 0 atom stereocenters. The van der Waals surface area contributed by atoms with E-state index in [9.17, 15) is 4.79 Å². The van der Waals surface area contributed by atoms with E-state index in [4.69, 9.17) is 23.2 Å². The summed E-state index contributed by atoms with van der Waals surface area (Å²) in [5, 5.41) is 4.99. The Kier molecular flexibility index (Phi) is 5.76. The molecule has 0 bridgehead atoms. The van der Waals surface area contributed by atoms with E-state index < -0.39 is 0 Å². The lowest BCUT2D eigenvalue weighted by molar-refractivity contribution is -0.118. The molecular weight excluding hydrogens is 431 g/mol. The van der Waals surface area contributed by atoms with Gasteiger partial charge >= 0.3 is 0 Å². The number of nitrogens with one attached hydrogen (secondary N) is 2. The maximum absolute atomic E-state index is 12.1. The van der Waals surface area contributed by atoms with Gasteiger partial charge in [0.1, 0.15) is 0 Å².